The van der Waals surface area contributed by atoms with Crippen molar-refractivity contribution in [1.82, 2.24) is 19.2 Å². The Kier molecular flexibility index (Phi) is 6.04. The summed E-state index contributed by atoms with van der Waals surface area (Å²) >= 11 is 0. The lowest BCUT2D eigenvalue weighted by atomic mass is 10.1. The topological polar surface area (TPSA) is 93.4 Å². The van der Waals surface area contributed by atoms with Crippen molar-refractivity contribution in [2.24, 2.45) is 0 Å². The van der Waals surface area contributed by atoms with Crippen LogP contribution in [0.25, 0.3) is 11.4 Å². The lowest BCUT2D eigenvalue weighted by Gasteiger charge is -2.36. The van der Waals surface area contributed by atoms with Crippen LogP contribution < -0.4 is 4.90 Å². The predicted octanol–water partition coefficient (Wildman–Crippen LogP) is 2.51. The van der Waals surface area contributed by atoms with Crippen molar-refractivity contribution in [3.05, 3.63) is 71.4 Å². The average Bonchev–Trinajstić information content (AvgIpc) is 2.88. The van der Waals surface area contributed by atoms with Gasteiger partial charge in [-0.3, -0.25) is 0 Å². The summed E-state index contributed by atoms with van der Waals surface area (Å²) in [6.45, 7) is 4.03. The van der Waals surface area contributed by atoms with Gasteiger partial charge in [0.05, 0.1) is 22.2 Å². The van der Waals surface area contributed by atoms with Crippen LogP contribution in [0, 0.1) is 11.3 Å². The lowest BCUT2D eigenvalue weighted by molar-refractivity contribution is 0.310. The number of piperazine rings is 1. The van der Waals surface area contributed by atoms with Gasteiger partial charge in [-0.05, 0) is 25.2 Å². The molecule has 0 saturated carbocycles. The number of nitriles is 1. The molecule has 2 aliphatic rings. The van der Waals surface area contributed by atoms with Crippen LogP contribution in [0.4, 0.5) is 5.82 Å². The fourth-order valence-electron chi connectivity index (χ4n) is 4.45. The van der Waals surface area contributed by atoms with Gasteiger partial charge in [0.15, 0.2) is 5.82 Å². The van der Waals surface area contributed by atoms with E-state index in [0.717, 1.165) is 48.8 Å². The number of rotatable bonds is 4. The van der Waals surface area contributed by atoms with E-state index in [4.69, 9.17) is 9.97 Å². The summed E-state index contributed by atoms with van der Waals surface area (Å²) in [4.78, 5) is 14.5. The molecule has 2 aromatic carbocycles. The van der Waals surface area contributed by atoms with Crippen molar-refractivity contribution in [3.8, 4) is 17.5 Å². The van der Waals surface area contributed by atoms with E-state index < -0.39 is 10.0 Å². The Hall–Kier alpha value is -3.32. The molecular formula is C25H26N6O2S. The molecule has 2 aliphatic heterocycles. The Morgan fingerprint density at radius 2 is 1.71 bits per heavy atom. The molecule has 0 unspecified atom stereocenters. The van der Waals surface area contributed by atoms with Crippen molar-refractivity contribution in [2.45, 2.75) is 17.9 Å². The fraction of sp³-hybridized carbons (Fsp3) is 0.320. The van der Waals surface area contributed by atoms with Gasteiger partial charge in [-0.25, -0.2) is 18.4 Å². The maximum Gasteiger partial charge on any atom is 0.243 e. The largest absolute Gasteiger partial charge is 0.354 e. The summed E-state index contributed by atoms with van der Waals surface area (Å²) < 4.78 is 28.4. The molecule has 9 heteroatoms. The molecule has 0 spiro atoms. The molecule has 34 heavy (non-hydrogen) atoms. The first kappa shape index (κ1) is 22.5. The van der Waals surface area contributed by atoms with Crippen molar-refractivity contribution in [3.63, 3.8) is 0 Å². The second kappa shape index (κ2) is 9.14. The minimum absolute atomic E-state index is 0.137. The van der Waals surface area contributed by atoms with Gasteiger partial charge in [0, 0.05) is 56.8 Å². The van der Waals surface area contributed by atoms with E-state index in [-0.39, 0.29) is 11.4 Å². The van der Waals surface area contributed by atoms with Crippen LogP contribution in [-0.2, 0) is 23.0 Å². The highest BCUT2D eigenvalue weighted by Gasteiger charge is 2.33. The molecule has 3 heterocycles. The molecule has 0 radical (unpaired) electrons. The quantitative estimate of drug-likeness (QED) is 0.574. The smallest absolute Gasteiger partial charge is 0.243 e. The zero-order chi connectivity index (χ0) is 23.7. The van der Waals surface area contributed by atoms with E-state index in [1.54, 1.807) is 18.2 Å². The van der Waals surface area contributed by atoms with E-state index >= 15 is 0 Å². The van der Waals surface area contributed by atoms with Crippen LogP contribution in [-0.4, -0.2) is 67.4 Å². The molecule has 0 N–H and O–H groups in total. The van der Waals surface area contributed by atoms with Gasteiger partial charge in [-0.15, -0.1) is 0 Å². The number of fused-ring (bicyclic) bond motifs is 1. The maximum absolute atomic E-state index is 13.4. The Bertz CT molecular complexity index is 1350. The number of benzene rings is 2. The summed E-state index contributed by atoms with van der Waals surface area (Å²) in [5.74, 6) is 1.49. The van der Waals surface area contributed by atoms with E-state index in [2.05, 4.69) is 16.8 Å². The maximum atomic E-state index is 13.4. The molecular weight excluding hydrogens is 448 g/mol. The van der Waals surface area contributed by atoms with Crippen molar-refractivity contribution >= 4 is 15.8 Å². The molecule has 174 valence electrons. The highest BCUT2D eigenvalue weighted by Crippen LogP contribution is 2.32. The van der Waals surface area contributed by atoms with Crippen LogP contribution in [0.3, 0.4) is 0 Å². The Balaban J connectivity index is 1.55. The summed E-state index contributed by atoms with van der Waals surface area (Å²) in [5, 5.41) is 9.20. The Morgan fingerprint density at radius 3 is 2.44 bits per heavy atom. The Morgan fingerprint density at radius 1 is 0.941 bits per heavy atom. The first-order chi connectivity index (χ1) is 16.5. The van der Waals surface area contributed by atoms with Gasteiger partial charge in [-0.1, -0.05) is 36.4 Å². The van der Waals surface area contributed by atoms with Gasteiger partial charge in [-0.2, -0.15) is 9.57 Å². The third-order valence-corrected chi connectivity index (χ3v) is 8.28. The van der Waals surface area contributed by atoms with Gasteiger partial charge >= 0.3 is 0 Å². The molecule has 0 atom stereocenters. The number of hydrogen-bond acceptors (Lipinski definition) is 7. The number of aromatic nitrogens is 2. The highest BCUT2D eigenvalue weighted by molar-refractivity contribution is 7.89. The zero-order valence-corrected chi connectivity index (χ0v) is 19.9. The van der Waals surface area contributed by atoms with Crippen LogP contribution in [0.1, 0.15) is 16.8 Å². The normalized spacial score (nSPS) is 17.2. The third kappa shape index (κ3) is 4.28. The number of anilines is 1. The first-order valence-electron chi connectivity index (χ1n) is 11.3. The van der Waals surface area contributed by atoms with Gasteiger partial charge in [0.25, 0.3) is 0 Å². The van der Waals surface area contributed by atoms with Gasteiger partial charge < -0.3 is 9.80 Å². The molecule has 8 nitrogen and oxygen atoms in total. The van der Waals surface area contributed by atoms with E-state index in [1.807, 2.05) is 36.4 Å². The van der Waals surface area contributed by atoms with E-state index in [0.29, 0.717) is 24.4 Å². The second-order valence-corrected chi connectivity index (χ2v) is 10.6. The lowest BCUT2D eigenvalue weighted by Crippen LogP contribution is -2.46. The van der Waals surface area contributed by atoms with Crippen LogP contribution in [0.5, 0.6) is 0 Å². The number of likely N-dealkylation sites (N-methyl/N-ethyl adjacent to an activating group) is 1. The van der Waals surface area contributed by atoms with Gasteiger partial charge in [0.1, 0.15) is 5.82 Å². The average molecular weight is 475 g/mol. The van der Waals surface area contributed by atoms with E-state index in [1.165, 1.54) is 10.4 Å². The van der Waals surface area contributed by atoms with Crippen molar-refractivity contribution < 1.29 is 8.42 Å². The third-order valence-electron chi connectivity index (χ3n) is 6.44. The molecule has 0 aliphatic carbocycles. The second-order valence-electron chi connectivity index (χ2n) is 8.68. The van der Waals surface area contributed by atoms with Crippen molar-refractivity contribution in [2.75, 3.05) is 44.7 Å². The molecule has 0 bridgehead atoms. The minimum Gasteiger partial charge on any atom is -0.354 e. The standard InChI is InChI=1S/C25H26N6O2S/c1-29-12-14-30(15-13-29)25-22-18-31(34(32,33)21-9-5-6-19(16-21)17-26)11-10-23(22)27-24(28-25)20-7-3-2-4-8-20/h2-9,16H,10-15,18H2,1H3. The fourth-order valence-corrected chi connectivity index (χ4v) is 5.90. The molecule has 1 aromatic heterocycles. The molecule has 3 aromatic rings. The van der Waals surface area contributed by atoms with E-state index in [9.17, 15) is 13.7 Å². The molecule has 5 rings (SSSR count). The zero-order valence-electron chi connectivity index (χ0n) is 19.1. The molecule has 0 amide bonds. The van der Waals surface area contributed by atoms with Crippen LogP contribution in [0.15, 0.2) is 59.5 Å². The molecule has 1 fully saturated rings. The summed E-state index contributed by atoms with van der Waals surface area (Å²) in [5.41, 5.74) is 3.05. The summed E-state index contributed by atoms with van der Waals surface area (Å²) in [6.07, 6.45) is 0.510. The minimum atomic E-state index is -3.76. The predicted molar refractivity (Wildman–Crippen MR) is 130 cm³/mol. The van der Waals surface area contributed by atoms with Crippen molar-refractivity contribution in [1.29, 1.82) is 5.26 Å². The number of sulfonamides is 1. The highest BCUT2D eigenvalue weighted by atomic mass is 32.2. The first-order valence-corrected chi connectivity index (χ1v) is 12.8. The summed E-state index contributed by atoms with van der Waals surface area (Å²) in [7, 11) is -1.65. The SMILES string of the molecule is CN1CCN(c2nc(-c3ccccc3)nc3c2CN(S(=O)(=O)c2cccc(C#N)c2)CC3)CC1. The van der Waals surface area contributed by atoms with Crippen LogP contribution in [0.2, 0.25) is 0 Å². The Labute approximate surface area is 200 Å². The van der Waals surface area contributed by atoms with Crippen LogP contribution >= 0.6 is 0 Å². The number of hydrogen-bond donors (Lipinski definition) is 0. The van der Waals surface area contributed by atoms with Gasteiger partial charge in [0.2, 0.25) is 10.0 Å². The summed E-state index contributed by atoms with van der Waals surface area (Å²) in [6, 6.07) is 18.1. The monoisotopic (exact) mass is 474 g/mol. The molecule has 1 saturated heterocycles. The number of nitrogens with zero attached hydrogens (tertiary/aromatic N) is 6.